The van der Waals surface area contributed by atoms with E-state index in [9.17, 15) is 4.79 Å². The Morgan fingerprint density at radius 3 is 2.41 bits per heavy atom. The Bertz CT molecular complexity index is 227. The molecule has 0 aromatic carbocycles. The second-order valence-corrected chi connectivity index (χ2v) is 3.42. The van der Waals surface area contributed by atoms with E-state index in [-0.39, 0.29) is 12.9 Å². The van der Waals surface area contributed by atoms with Crippen molar-refractivity contribution in [3.8, 4) is 0 Å². The van der Waals surface area contributed by atoms with E-state index < -0.39 is 5.97 Å². The predicted octanol–water partition coefficient (Wildman–Crippen LogP) is 1.52. The number of hydrogen-bond acceptors (Lipinski definition) is 5. The maximum atomic E-state index is 11.0. The first-order valence-electron chi connectivity index (χ1n) is 5.71. The first-order valence-corrected chi connectivity index (χ1v) is 5.71. The Kier molecular flexibility index (Phi) is 9.71. The Balaban J connectivity index is 3.24. The van der Waals surface area contributed by atoms with Crippen LogP contribution in [0.25, 0.3) is 0 Å². The van der Waals surface area contributed by atoms with Crippen molar-refractivity contribution < 1.29 is 23.7 Å². The summed E-state index contributed by atoms with van der Waals surface area (Å²) >= 11 is 0. The van der Waals surface area contributed by atoms with Crippen molar-refractivity contribution >= 4 is 5.97 Å². The average molecular weight is 246 g/mol. The van der Waals surface area contributed by atoms with Crippen molar-refractivity contribution in [2.45, 2.75) is 27.1 Å². The van der Waals surface area contributed by atoms with Crippen LogP contribution in [-0.4, -0.2) is 45.3 Å². The number of carbonyl (C=O) groups excluding carboxylic acids is 1. The van der Waals surface area contributed by atoms with E-state index in [4.69, 9.17) is 18.9 Å². The Labute approximate surface area is 103 Å². The van der Waals surface area contributed by atoms with Gasteiger partial charge in [-0.1, -0.05) is 6.58 Å². The molecule has 0 radical (unpaired) electrons. The van der Waals surface area contributed by atoms with Crippen LogP contribution in [-0.2, 0) is 23.7 Å². The normalized spacial score (nSPS) is 12.2. The third-order valence-electron chi connectivity index (χ3n) is 1.79. The van der Waals surface area contributed by atoms with E-state index in [1.807, 2.05) is 13.8 Å². The molecule has 0 aliphatic heterocycles. The number of ether oxygens (including phenoxy) is 4. The van der Waals surface area contributed by atoms with Crippen LogP contribution in [0.15, 0.2) is 12.2 Å². The minimum Gasteiger partial charge on any atom is -0.460 e. The van der Waals surface area contributed by atoms with Gasteiger partial charge in [-0.05, 0) is 20.8 Å². The van der Waals surface area contributed by atoms with Crippen molar-refractivity contribution in [1.29, 1.82) is 0 Å². The quantitative estimate of drug-likeness (QED) is 0.253. The summed E-state index contributed by atoms with van der Waals surface area (Å²) in [6.07, 6.45) is -0.218. The van der Waals surface area contributed by atoms with Crippen LogP contribution >= 0.6 is 0 Å². The highest BCUT2D eigenvalue weighted by Crippen LogP contribution is 1.93. The van der Waals surface area contributed by atoms with E-state index in [0.717, 1.165) is 0 Å². The molecule has 5 heteroatoms. The highest BCUT2D eigenvalue weighted by Gasteiger charge is 2.02. The van der Waals surface area contributed by atoms with Gasteiger partial charge in [-0.25, -0.2) is 4.79 Å². The van der Waals surface area contributed by atoms with Gasteiger partial charge in [0.2, 0.25) is 0 Å². The van der Waals surface area contributed by atoms with E-state index in [1.165, 1.54) is 0 Å². The minimum absolute atomic E-state index is 0.218. The average Bonchev–Trinajstić information content (AvgIpc) is 2.27. The highest BCUT2D eigenvalue weighted by molar-refractivity contribution is 5.86. The molecule has 0 aromatic heterocycles. The third-order valence-corrected chi connectivity index (χ3v) is 1.79. The number of hydrogen-bond donors (Lipinski definition) is 0. The van der Waals surface area contributed by atoms with E-state index in [0.29, 0.717) is 32.0 Å². The molecule has 0 saturated carbocycles. The lowest BCUT2D eigenvalue weighted by Gasteiger charge is -2.12. The molecule has 0 amide bonds. The molecule has 1 atom stereocenters. The smallest absolute Gasteiger partial charge is 0.333 e. The fourth-order valence-corrected chi connectivity index (χ4v) is 0.974. The first kappa shape index (κ1) is 16.1. The third kappa shape index (κ3) is 9.99. The maximum absolute atomic E-state index is 11.0. The molecule has 0 spiro atoms. The van der Waals surface area contributed by atoms with Crippen LogP contribution in [0.1, 0.15) is 20.8 Å². The van der Waals surface area contributed by atoms with Gasteiger partial charge in [-0.3, -0.25) is 0 Å². The fourth-order valence-electron chi connectivity index (χ4n) is 0.974. The zero-order valence-corrected chi connectivity index (χ0v) is 10.9. The molecule has 0 bridgehead atoms. The largest absolute Gasteiger partial charge is 0.460 e. The van der Waals surface area contributed by atoms with Crippen LogP contribution in [0.2, 0.25) is 0 Å². The van der Waals surface area contributed by atoms with E-state index >= 15 is 0 Å². The predicted molar refractivity (Wildman–Crippen MR) is 63.6 cm³/mol. The molecule has 0 saturated heterocycles. The molecule has 100 valence electrons. The zero-order valence-electron chi connectivity index (χ0n) is 10.9. The summed E-state index contributed by atoms with van der Waals surface area (Å²) in [6, 6.07) is 0. The van der Waals surface area contributed by atoms with Crippen molar-refractivity contribution in [3.05, 3.63) is 12.2 Å². The number of esters is 1. The summed E-state index contributed by atoms with van der Waals surface area (Å²) < 4.78 is 20.5. The molecule has 0 aliphatic rings. The SMILES string of the molecule is C=C(C)C(=O)OCCOCCOC(C)OCC. The van der Waals surface area contributed by atoms with Crippen molar-refractivity contribution in [1.82, 2.24) is 0 Å². The van der Waals surface area contributed by atoms with Crippen LogP contribution in [0.4, 0.5) is 0 Å². The molecule has 17 heavy (non-hydrogen) atoms. The Morgan fingerprint density at radius 2 is 1.82 bits per heavy atom. The van der Waals surface area contributed by atoms with Gasteiger partial charge in [0.05, 0.1) is 19.8 Å². The van der Waals surface area contributed by atoms with Crippen LogP contribution in [0.5, 0.6) is 0 Å². The summed E-state index contributed by atoms with van der Waals surface area (Å²) in [5, 5.41) is 0. The monoisotopic (exact) mass is 246 g/mol. The van der Waals surface area contributed by atoms with Gasteiger partial charge in [0.1, 0.15) is 6.61 Å². The molecule has 0 aromatic rings. The lowest BCUT2D eigenvalue weighted by Crippen LogP contribution is -2.17. The van der Waals surface area contributed by atoms with Crippen molar-refractivity contribution in [3.63, 3.8) is 0 Å². The molecule has 0 fully saturated rings. The molecule has 0 N–H and O–H groups in total. The van der Waals surface area contributed by atoms with Gasteiger partial charge < -0.3 is 18.9 Å². The molecular weight excluding hydrogens is 224 g/mol. The summed E-state index contributed by atoms with van der Waals surface area (Å²) in [5.74, 6) is -0.394. The molecule has 0 rings (SSSR count). The Hall–Kier alpha value is -0.910. The van der Waals surface area contributed by atoms with Gasteiger partial charge in [0.25, 0.3) is 0 Å². The van der Waals surface area contributed by atoms with E-state index in [1.54, 1.807) is 6.92 Å². The summed E-state index contributed by atoms with van der Waals surface area (Å²) in [7, 11) is 0. The topological polar surface area (TPSA) is 54.0 Å². The van der Waals surface area contributed by atoms with Gasteiger partial charge >= 0.3 is 5.97 Å². The van der Waals surface area contributed by atoms with Crippen molar-refractivity contribution in [2.75, 3.05) is 33.0 Å². The summed E-state index contributed by atoms with van der Waals surface area (Å²) in [6.45, 7) is 10.9. The van der Waals surface area contributed by atoms with Gasteiger partial charge in [0.15, 0.2) is 6.29 Å². The lowest BCUT2D eigenvalue weighted by atomic mass is 10.4. The second kappa shape index (κ2) is 10.3. The first-order chi connectivity index (χ1) is 8.07. The van der Waals surface area contributed by atoms with Crippen molar-refractivity contribution in [2.24, 2.45) is 0 Å². The minimum atomic E-state index is -0.394. The molecule has 1 unspecified atom stereocenters. The number of carbonyl (C=O) groups is 1. The lowest BCUT2D eigenvalue weighted by molar-refractivity contribution is -0.143. The molecule has 0 aliphatic carbocycles. The highest BCUT2D eigenvalue weighted by atomic mass is 16.7. The number of rotatable bonds is 10. The second-order valence-electron chi connectivity index (χ2n) is 3.42. The summed E-state index contributed by atoms with van der Waals surface area (Å²) in [5.41, 5.74) is 0.388. The van der Waals surface area contributed by atoms with Crippen LogP contribution in [0, 0.1) is 0 Å². The summed E-state index contributed by atoms with van der Waals surface area (Å²) in [4.78, 5) is 11.0. The fraction of sp³-hybridized carbons (Fsp3) is 0.750. The van der Waals surface area contributed by atoms with Crippen LogP contribution in [0.3, 0.4) is 0 Å². The molecular formula is C12H22O5. The Morgan fingerprint density at radius 1 is 1.18 bits per heavy atom. The zero-order chi connectivity index (χ0) is 13.1. The van der Waals surface area contributed by atoms with Gasteiger partial charge in [0, 0.05) is 12.2 Å². The molecule has 0 heterocycles. The van der Waals surface area contributed by atoms with E-state index in [2.05, 4.69) is 6.58 Å². The van der Waals surface area contributed by atoms with Crippen LogP contribution < -0.4 is 0 Å². The molecule has 5 nitrogen and oxygen atoms in total. The maximum Gasteiger partial charge on any atom is 0.333 e. The standard InChI is InChI=1S/C12H22O5/c1-5-15-11(4)16-8-6-14-7-9-17-12(13)10(2)3/h11H,2,5-9H2,1,3-4H3. The van der Waals surface area contributed by atoms with Gasteiger partial charge in [-0.15, -0.1) is 0 Å². The van der Waals surface area contributed by atoms with Gasteiger partial charge in [-0.2, -0.15) is 0 Å².